The number of amides is 1. The van der Waals surface area contributed by atoms with E-state index in [4.69, 9.17) is 0 Å². The van der Waals surface area contributed by atoms with E-state index in [9.17, 15) is 22.4 Å². The number of nitrogens with zero attached hydrogens (tertiary/aromatic N) is 1. The van der Waals surface area contributed by atoms with Crippen LogP contribution >= 0.6 is 0 Å². The number of nitrogens with one attached hydrogen (secondary N) is 1. The number of hydrogen-bond acceptors (Lipinski definition) is 5. The molecular weight excluding hydrogens is 399 g/mol. The van der Waals surface area contributed by atoms with Gasteiger partial charge in [-0.3, -0.25) is 9.52 Å². The fourth-order valence-corrected chi connectivity index (χ4v) is 3.88. The van der Waals surface area contributed by atoms with Crippen molar-refractivity contribution in [2.75, 3.05) is 24.9 Å². The van der Waals surface area contributed by atoms with Gasteiger partial charge in [0.2, 0.25) is 5.91 Å². The van der Waals surface area contributed by atoms with E-state index in [2.05, 4.69) is 9.46 Å². The van der Waals surface area contributed by atoms with Gasteiger partial charge in [-0.15, -0.1) is 0 Å². The topological polar surface area (TPSA) is 92.8 Å². The summed E-state index contributed by atoms with van der Waals surface area (Å²) in [4.78, 5) is 24.8. The molecule has 1 N–H and O–H groups in total. The number of methoxy groups -OCH3 is 1. The van der Waals surface area contributed by atoms with Gasteiger partial charge >= 0.3 is 5.97 Å². The van der Waals surface area contributed by atoms with E-state index < -0.39 is 26.7 Å². The van der Waals surface area contributed by atoms with Crippen molar-refractivity contribution in [3.05, 3.63) is 59.4 Å². The van der Waals surface area contributed by atoms with E-state index in [1.807, 2.05) is 13.8 Å². The second-order valence-corrected chi connectivity index (χ2v) is 7.83. The van der Waals surface area contributed by atoms with Gasteiger partial charge in [-0.05, 0) is 49.7 Å². The monoisotopic (exact) mass is 422 g/mol. The number of hydrogen-bond donors (Lipinski definition) is 1. The number of benzene rings is 2. The fourth-order valence-electron chi connectivity index (χ4n) is 2.72. The number of likely N-dealkylation sites (N-methyl/N-ethyl adjacent to an activating group) is 1. The summed E-state index contributed by atoms with van der Waals surface area (Å²) in [5.41, 5.74) is 0.843. The summed E-state index contributed by atoms with van der Waals surface area (Å²) in [5, 5.41) is 0. The highest BCUT2D eigenvalue weighted by Gasteiger charge is 2.22. The molecule has 0 fully saturated rings. The van der Waals surface area contributed by atoms with Crippen LogP contribution in [0.25, 0.3) is 0 Å². The summed E-state index contributed by atoms with van der Waals surface area (Å²) in [6.45, 7) is 5.02. The first kappa shape index (κ1) is 22.4. The van der Waals surface area contributed by atoms with Crippen molar-refractivity contribution in [1.29, 1.82) is 0 Å². The zero-order valence-corrected chi connectivity index (χ0v) is 17.3. The molecule has 0 aromatic heterocycles. The van der Waals surface area contributed by atoms with Gasteiger partial charge in [0, 0.05) is 18.8 Å². The minimum absolute atomic E-state index is 0.0231. The molecule has 2 aromatic rings. The van der Waals surface area contributed by atoms with E-state index >= 15 is 0 Å². The summed E-state index contributed by atoms with van der Waals surface area (Å²) in [5.74, 6) is -1.79. The molecule has 9 heteroatoms. The van der Waals surface area contributed by atoms with E-state index in [0.29, 0.717) is 13.1 Å². The Morgan fingerprint density at radius 1 is 1.07 bits per heavy atom. The van der Waals surface area contributed by atoms with E-state index in [0.717, 1.165) is 30.9 Å². The molecule has 2 rings (SSSR count). The highest BCUT2D eigenvalue weighted by atomic mass is 32.2. The number of halogens is 1. The maximum atomic E-state index is 14.1. The molecule has 156 valence electrons. The van der Waals surface area contributed by atoms with Crippen LogP contribution in [0.4, 0.5) is 10.1 Å². The van der Waals surface area contributed by atoms with Crippen LogP contribution in [0.3, 0.4) is 0 Å². The maximum absolute atomic E-state index is 14.1. The molecule has 0 aliphatic carbocycles. The van der Waals surface area contributed by atoms with Gasteiger partial charge in [-0.2, -0.15) is 0 Å². The molecule has 0 saturated heterocycles. The Hall–Kier alpha value is -2.94. The Balaban J connectivity index is 2.19. The Labute approximate surface area is 169 Å². The Morgan fingerprint density at radius 3 is 2.24 bits per heavy atom. The zero-order valence-electron chi connectivity index (χ0n) is 16.4. The SMILES string of the molecule is CCN(CC)C(=O)Cc1ccc(NS(=O)(=O)c2cc(C(=O)OC)ccc2F)cc1. The van der Waals surface area contributed by atoms with Gasteiger partial charge in [-0.1, -0.05) is 12.1 Å². The van der Waals surface area contributed by atoms with Crippen LogP contribution in [0, 0.1) is 5.82 Å². The van der Waals surface area contributed by atoms with Gasteiger partial charge in [0.1, 0.15) is 10.7 Å². The third-order valence-corrected chi connectivity index (χ3v) is 5.72. The van der Waals surface area contributed by atoms with Crippen LogP contribution in [0.5, 0.6) is 0 Å². The number of rotatable bonds is 8. The molecule has 0 atom stereocenters. The van der Waals surface area contributed by atoms with Crippen molar-refractivity contribution in [3.8, 4) is 0 Å². The second kappa shape index (κ2) is 9.51. The van der Waals surface area contributed by atoms with E-state index in [-0.39, 0.29) is 23.6 Å². The number of ether oxygens (including phenoxy) is 1. The number of sulfonamides is 1. The normalized spacial score (nSPS) is 11.0. The summed E-state index contributed by atoms with van der Waals surface area (Å²) in [7, 11) is -3.13. The van der Waals surface area contributed by atoms with Gasteiger partial charge in [0.15, 0.2) is 0 Å². The molecule has 0 aliphatic rings. The van der Waals surface area contributed by atoms with Crippen molar-refractivity contribution in [3.63, 3.8) is 0 Å². The van der Waals surface area contributed by atoms with Gasteiger partial charge < -0.3 is 9.64 Å². The van der Waals surface area contributed by atoms with E-state index in [1.165, 1.54) is 12.1 Å². The van der Waals surface area contributed by atoms with Crippen LogP contribution in [-0.4, -0.2) is 45.4 Å². The lowest BCUT2D eigenvalue weighted by atomic mass is 10.1. The molecule has 2 aromatic carbocycles. The van der Waals surface area contributed by atoms with Crippen molar-refractivity contribution in [2.24, 2.45) is 0 Å². The molecule has 1 amide bonds. The minimum atomic E-state index is -4.27. The average molecular weight is 422 g/mol. The van der Waals surface area contributed by atoms with Crippen LogP contribution in [0.15, 0.2) is 47.4 Å². The maximum Gasteiger partial charge on any atom is 0.337 e. The highest BCUT2D eigenvalue weighted by Crippen LogP contribution is 2.21. The fraction of sp³-hybridized carbons (Fsp3) is 0.300. The highest BCUT2D eigenvalue weighted by molar-refractivity contribution is 7.92. The second-order valence-electron chi connectivity index (χ2n) is 6.18. The summed E-state index contributed by atoms with van der Waals surface area (Å²) in [6.07, 6.45) is 0.199. The molecule has 0 spiro atoms. The Bertz CT molecular complexity index is 986. The summed E-state index contributed by atoms with van der Waals surface area (Å²) >= 11 is 0. The van der Waals surface area contributed by atoms with Crippen LogP contribution in [-0.2, 0) is 26.0 Å². The molecule has 0 bridgehead atoms. The molecule has 0 radical (unpaired) electrons. The third kappa shape index (κ3) is 5.54. The van der Waals surface area contributed by atoms with Crippen LogP contribution < -0.4 is 4.72 Å². The van der Waals surface area contributed by atoms with Crippen molar-refractivity contribution < 1.29 is 27.1 Å². The lowest BCUT2D eigenvalue weighted by molar-refractivity contribution is -0.130. The molecule has 7 nitrogen and oxygen atoms in total. The lowest BCUT2D eigenvalue weighted by Gasteiger charge is -2.18. The molecule has 0 aliphatic heterocycles. The number of anilines is 1. The standard InChI is InChI=1S/C20H23FN2O5S/c1-4-23(5-2)19(24)12-14-6-9-16(10-7-14)22-29(26,27)18-13-15(20(25)28-3)8-11-17(18)21/h6-11,13,22H,4-5,12H2,1-3H3. The number of carbonyl (C=O) groups is 2. The first-order valence-electron chi connectivity index (χ1n) is 8.99. The van der Waals surface area contributed by atoms with E-state index in [1.54, 1.807) is 17.0 Å². The van der Waals surface area contributed by atoms with Gasteiger partial charge in [0.25, 0.3) is 10.0 Å². The molecule has 0 unspecified atom stereocenters. The first-order valence-corrected chi connectivity index (χ1v) is 10.5. The van der Waals surface area contributed by atoms with Crippen molar-refractivity contribution in [1.82, 2.24) is 4.90 Å². The summed E-state index contributed by atoms with van der Waals surface area (Å²) in [6, 6.07) is 9.18. The third-order valence-electron chi connectivity index (χ3n) is 4.32. The smallest absolute Gasteiger partial charge is 0.337 e. The number of esters is 1. The Kier molecular flexibility index (Phi) is 7.33. The van der Waals surface area contributed by atoms with Crippen LogP contribution in [0.2, 0.25) is 0 Å². The van der Waals surface area contributed by atoms with Crippen molar-refractivity contribution >= 4 is 27.6 Å². The first-order chi connectivity index (χ1) is 13.7. The predicted octanol–water partition coefficient (Wildman–Crippen LogP) is 2.82. The zero-order chi connectivity index (χ0) is 21.6. The minimum Gasteiger partial charge on any atom is -0.465 e. The Morgan fingerprint density at radius 2 is 1.69 bits per heavy atom. The van der Waals surface area contributed by atoms with Gasteiger partial charge in [0.05, 0.1) is 19.1 Å². The average Bonchev–Trinajstić information content (AvgIpc) is 2.69. The predicted molar refractivity (Wildman–Crippen MR) is 107 cm³/mol. The molecule has 29 heavy (non-hydrogen) atoms. The lowest BCUT2D eigenvalue weighted by Crippen LogP contribution is -2.31. The molecule has 0 saturated carbocycles. The molecular formula is C20H23FN2O5S. The quantitative estimate of drug-likeness (QED) is 0.661. The largest absolute Gasteiger partial charge is 0.465 e. The van der Waals surface area contributed by atoms with Crippen LogP contribution in [0.1, 0.15) is 29.8 Å². The molecule has 0 heterocycles. The van der Waals surface area contributed by atoms with Gasteiger partial charge in [-0.25, -0.2) is 17.6 Å². The van der Waals surface area contributed by atoms with Crippen molar-refractivity contribution in [2.45, 2.75) is 25.2 Å². The number of carbonyl (C=O) groups excluding carboxylic acids is 2. The summed E-state index contributed by atoms with van der Waals surface area (Å²) < 4.78 is 46.0.